The molecule has 5 nitrogen and oxygen atoms in total. The maximum absolute atomic E-state index is 12.0. The molecule has 2 aromatic heterocycles. The molecule has 3 aromatic rings. The summed E-state index contributed by atoms with van der Waals surface area (Å²) in [4.78, 5) is 16.7. The van der Waals surface area contributed by atoms with Gasteiger partial charge in [-0.25, -0.2) is 4.98 Å². The number of aromatic nitrogens is 2. The van der Waals surface area contributed by atoms with Crippen molar-refractivity contribution >= 4 is 28.8 Å². The van der Waals surface area contributed by atoms with Crippen LogP contribution in [0.1, 0.15) is 59.2 Å². The second-order valence-electron chi connectivity index (χ2n) is 7.40. The first-order valence-electron chi connectivity index (χ1n) is 9.88. The Hall–Kier alpha value is -2.31. The van der Waals surface area contributed by atoms with Crippen molar-refractivity contribution in [2.75, 3.05) is 0 Å². The molecule has 29 heavy (non-hydrogen) atoms. The molecule has 152 valence electrons. The molecule has 1 aliphatic carbocycles. The Bertz CT molecular complexity index is 1020. The zero-order valence-corrected chi connectivity index (χ0v) is 17.9. The van der Waals surface area contributed by atoms with Crippen LogP contribution in [-0.2, 0) is 6.61 Å². The van der Waals surface area contributed by atoms with Gasteiger partial charge in [-0.05, 0) is 38.0 Å². The molecule has 0 atom stereocenters. The quantitative estimate of drug-likeness (QED) is 0.541. The Balaban J connectivity index is 1.62. The Labute approximate surface area is 179 Å². The van der Waals surface area contributed by atoms with E-state index < -0.39 is 5.91 Å². The summed E-state index contributed by atoms with van der Waals surface area (Å²) < 4.78 is 8.09. The summed E-state index contributed by atoms with van der Waals surface area (Å²) in [6.07, 6.45) is 5.93. The van der Waals surface area contributed by atoms with Crippen LogP contribution in [0.25, 0.3) is 11.4 Å². The molecule has 0 bridgehead atoms. The lowest BCUT2D eigenvalue weighted by molar-refractivity contribution is 0.0999. The Kier molecular flexibility index (Phi) is 5.92. The monoisotopic (exact) mass is 429 g/mol. The van der Waals surface area contributed by atoms with Crippen molar-refractivity contribution in [3.8, 4) is 17.1 Å². The van der Waals surface area contributed by atoms with E-state index >= 15 is 0 Å². The molecule has 0 aliphatic heterocycles. The molecule has 1 saturated carbocycles. The Morgan fingerprint density at radius 2 is 2.07 bits per heavy atom. The average Bonchev–Trinajstić information content (AvgIpc) is 3.32. The first-order chi connectivity index (χ1) is 14.0. The highest BCUT2D eigenvalue weighted by atomic mass is 35.5. The van der Waals surface area contributed by atoms with E-state index in [9.17, 15) is 4.79 Å². The second kappa shape index (κ2) is 8.59. The molecule has 0 spiro atoms. The minimum absolute atomic E-state index is 0.347. The SMILES string of the molecule is Cc1c(C(N)=O)cc(-c2csc(COc3ccccc3Cl)n2)n1C1CCCCC1. The van der Waals surface area contributed by atoms with Gasteiger partial charge in [-0.3, -0.25) is 4.79 Å². The van der Waals surface area contributed by atoms with Gasteiger partial charge in [-0.1, -0.05) is 43.0 Å². The number of amides is 1. The standard InChI is InChI=1S/C22H24ClN3O2S/c1-14-16(22(24)27)11-19(26(14)15-7-3-2-4-8-15)18-13-29-21(25-18)12-28-20-10-6-5-9-17(20)23/h5-6,9-11,13,15H,2-4,7-8,12H2,1H3,(H2,24,27). The van der Waals surface area contributed by atoms with Crippen molar-refractivity contribution in [1.82, 2.24) is 9.55 Å². The molecule has 7 heteroatoms. The molecule has 1 amide bonds. The fraction of sp³-hybridized carbons (Fsp3) is 0.364. The van der Waals surface area contributed by atoms with Crippen molar-refractivity contribution in [2.45, 2.75) is 51.7 Å². The van der Waals surface area contributed by atoms with E-state index in [1.807, 2.05) is 36.6 Å². The van der Waals surface area contributed by atoms with Gasteiger partial charge in [-0.2, -0.15) is 0 Å². The summed E-state index contributed by atoms with van der Waals surface area (Å²) in [6, 6.07) is 9.67. The number of para-hydroxylation sites is 1. The van der Waals surface area contributed by atoms with E-state index in [1.54, 1.807) is 6.07 Å². The first kappa shape index (κ1) is 20.0. The summed E-state index contributed by atoms with van der Waals surface area (Å²) in [5, 5.41) is 3.45. The summed E-state index contributed by atoms with van der Waals surface area (Å²) in [5.41, 5.74) is 8.96. The molecular formula is C22H24ClN3O2S. The zero-order valence-electron chi connectivity index (χ0n) is 16.4. The van der Waals surface area contributed by atoms with Gasteiger partial charge in [-0.15, -0.1) is 11.3 Å². The third-order valence-corrected chi connectivity index (χ3v) is 6.63. The summed E-state index contributed by atoms with van der Waals surface area (Å²) >= 11 is 7.70. The van der Waals surface area contributed by atoms with Crippen molar-refractivity contribution in [2.24, 2.45) is 5.73 Å². The van der Waals surface area contributed by atoms with Crippen molar-refractivity contribution < 1.29 is 9.53 Å². The van der Waals surface area contributed by atoms with Gasteiger partial charge >= 0.3 is 0 Å². The number of rotatable bonds is 6. The molecule has 0 unspecified atom stereocenters. The minimum Gasteiger partial charge on any atom is -0.485 e. The van der Waals surface area contributed by atoms with Crippen molar-refractivity contribution in [1.29, 1.82) is 0 Å². The van der Waals surface area contributed by atoms with Crippen LogP contribution in [0.2, 0.25) is 5.02 Å². The van der Waals surface area contributed by atoms with Gasteiger partial charge in [0.2, 0.25) is 0 Å². The fourth-order valence-corrected chi connectivity index (χ4v) is 4.96. The van der Waals surface area contributed by atoms with Crippen LogP contribution < -0.4 is 10.5 Å². The molecule has 1 aromatic carbocycles. The smallest absolute Gasteiger partial charge is 0.250 e. The molecule has 1 fully saturated rings. The maximum atomic E-state index is 12.0. The van der Waals surface area contributed by atoms with E-state index in [0.717, 1.165) is 34.9 Å². The van der Waals surface area contributed by atoms with Crippen LogP contribution in [0.4, 0.5) is 0 Å². The van der Waals surface area contributed by atoms with E-state index in [4.69, 9.17) is 27.1 Å². The lowest BCUT2D eigenvalue weighted by atomic mass is 9.95. The Morgan fingerprint density at radius 1 is 1.31 bits per heavy atom. The fourth-order valence-electron chi connectivity index (χ4n) is 4.07. The van der Waals surface area contributed by atoms with Crippen LogP contribution in [-0.4, -0.2) is 15.5 Å². The highest BCUT2D eigenvalue weighted by Crippen LogP contribution is 2.36. The Morgan fingerprint density at radius 3 is 2.79 bits per heavy atom. The molecule has 0 saturated heterocycles. The van der Waals surface area contributed by atoms with Crippen molar-refractivity contribution in [3.05, 3.63) is 57.0 Å². The second-order valence-corrected chi connectivity index (χ2v) is 8.75. The largest absolute Gasteiger partial charge is 0.485 e. The lowest BCUT2D eigenvalue weighted by Crippen LogP contribution is -2.17. The van der Waals surface area contributed by atoms with Gasteiger partial charge in [0.15, 0.2) is 0 Å². The summed E-state index contributed by atoms with van der Waals surface area (Å²) in [5.74, 6) is 0.249. The van der Waals surface area contributed by atoms with Gasteiger partial charge in [0.25, 0.3) is 5.91 Å². The number of thiazole rings is 1. The predicted molar refractivity (Wildman–Crippen MR) is 117 cm³/mol. The number of hydrogen-bond acceptors (Lipinski definition) is 4. The van der Waals surface area contributed by atoms with Crippen LogP contribution in [0, 0.1) is 6.92 Å². The van der Waals surface area contributed by atoms with Gasteiger partial charge in [0.05, 0.1) is 22.0 Å². The normalized spacial score (nSPS) is 14.8. The van der Waals surface area contributed by atoms with Crippen LogP contribution in [0.3, 0.4) is 0 Å². The third-order valence-electron chi connectivity index (χ3n) is 5.50. The maximum Gasteiger partial charge on any atom is 0.250 e. The zero-order chi connectivity index (χ0) is 20.4. The third kappa shape index (κ3) is 4.19. The number of ether oxygens (including phenoxy) is 1. The number of hydrogen-bond donors (Lipinski definition) is 1. The number of carbonyl (C=O) groups is 1. The number of nitrogens with two attached hydrogens (primary N) is 1. The predicted octanol–water partition coefficient (Wildman–Crippen LogP) is 5.76. The topological polar surface area (TPSA) is 70.1 Å². The lowest BCUT2D eigenvalue weighted by Gasteiger charge is -2.26. The molecular weight excluding hydrogens is 406 g/mol. The van der Waals surface area contributed by atoms with E-state index in [0.29, 0.717) is 29.0 Å². The average molecular weight is 430 g/mol. The number of carbonyl (C=O) groups excluding carboxylic acids is 1. The van der Waals surface area contributed by atoms with Crippen LogP contribution >= 0.6 is 22.9 Å². The highest BCUT2D eigenvalue weighted by molar-refractivity contribution is 7.09. The molecule has 4 rings (SSSR count). The van der Waals surface area contributed by atoms with E-state index in [2.05, 4.69) is 4.57 Å². The van der Waals surface area contributed by atoms with Gasteiger partial charge in [0.1, 0.15) is 17.4 Å². The van der Waals surface area contributed by atoms with Crippen LogP contribution in [0.5, 0.6) is 5.75 Å². The van der Waals surface area contributed by atoms with E-state index in [1.165, 1.54) is 30.6 Å². The number of primary amides is 1. The molecule has 2 heterocycles. The first-order valence-corrected chi connectivity index (χ1v) is 11.1. The highest BCUT2D eigenvalue weighted by Gasteiger charge is 2.25. The molecule has 2 N–H and O–H groups in total. The minimum atomic E-state index is -0.393. The van der Waals surface area contributed by atoms with Crippen molar-refractivity contribution in [3.63, 3.8) is 0 Å². The molecule has 0 radical (unpaired) electrons. The summed E-state index contributed by atoms with van der Waals surface area (Å²) in [7, 11) is 0. The van der Waals surface area contributed by atoms with Gasteiger partial charge in [0, 0.05) is 17.1 Å². The number of halogens is 1. The molecule has 1 aliphatic rings. The number of nitrogens with zero attached hydrogens (tertiary/aromatic N) is 2. The summed E-state index contributed by atoms with van der Waals surface area (Å²) in [6.45, 7) is 2.33. The number of benzene rings is 1. The van der Waals surface area contributed by atoms with E-state index in [-0.39, 0.29) is 0 Å². The van der Waals surface area contributed by atoms with Gasteiger partial charge < -0.3 is 15.0 Å². The van der Waals surface area contributed by atoms with Crippen LogP contribution in [0.15, 0.2) is 35.7 Å².